The standard InChI is InChI=1S/C24H24ClN3O4/c1-16-3-2-13-26(15-16)22-21(18-6-10-20(11-7-18)28(31)32)23(29)27(24(22)30)14-12-17-4-8-19(25)9-5-17/h4-11,16H,2-3,12-15H2,1H3. The van der Waals surface area contributed by atoms with Crippen LogP contribution in [0.1, 0.15) is 30.9 Å². The molecule has 1 atom stereocenters. The molecule has 0 spiro atoms. The van der Waals surface area contributed by atoms with Gasteiger partial charge in [0.2, 0.25) is 0 Å². The van der Waals surface area contributed by atoms with Crippen LogP contribution in [0.5, 0.6) is 0 Å². The van der Waals surface area contributed by atoms with Crippen molar-refractivity contribution in [2.45, 2.75) is 26.2 Å². The third-order valence-electron chi connectivity index (χ3n) is 6.02. The van der Waals surface area contributed by atoms with Gasteiger partial charge in [0.1, 0.15) is 5.70 Å². The summed E-state index contributed by atoms with van der Waals surface area (Å²) >= 11 is 5.95. The smallest absolute Gasteiger partial charge is 0.277 e. The number of halogens is 1. The molecule has 166 valence electrons. The van der Waals surface area contributed by atoms with Crippen LogP contribution in [0.25, 0.3) is 5.57 Å². The van der Waals surface area contributed by atoms with Crippen LogP contribution in [0, 0.1) is 16.0 Å². The van der Waals surface area contributed by atoms with Gasteiger partial charge in [-0.25, -0.2) is 0 Å². The van der Waals surface area contributed by atoms with Crippen molar-refractivity contribution < 1.29 is 14.5 Å². The Balaban J connectivity index is 1.66. The summed E-state index contributed by atoms with van der Waals surface area (Å²) in [5, 5.41) is 11.7. The van der Waals surface area contributed by atoms with Crippen molar-refractivity contribution in [3.8, 4) is 0 Å². The van der Waals surface area contributed by atoms with Gasteiger partial charge in [-0.3, -0.25) is 24.6 Å². The molecule has 7 nitrogen and oxygen atoms in total. The first-order valence-corrected chi connectivity index (χ1v) is 11.1. The minimum atomic E-state index is -0.481. The monoisotopic (exact) mass is 453 g/mol. The Labute approximate surface area is 191 Å². The van der Waals surface area contributed by atoms with Crippen LogP contribution in [0.4, 0.5) is 5.69 Å². The van der Waals surface area contributed by atoms with Crippen molar-refractivity contribution in [3.63, 3.8) is 0 Å². The maximum absolute atomic E-state index is 13.4. The highest BCUT2D eigenvalue weighted by atomic mass is 35.5. The Hall–Kier alpha value is -3.19. The summed E-state index contributed by atoms with van der Waals surface area (Å²) in [6, 6.07) is 13.2. The minimum Gasteiger partial charge on any atom is -0.366 e. The maximum atomic E-state index is 13.4. The number of nitro benzene ring substituents is 1. The third kappa shape index (κ3) is 4.39. The number of hydrogen-bond acceptors (Lipinski definition) is 5. The summed E-state index contributed by atoms with van der Waals surface area (Å²) in [4.78, 5) is 40.7. The number of likely N-dealkylation sites (tertiary alicyclic amines) is 1. The Bertz CT molecular complexity index is 1080. The molecule has 1 fully saturated rings. The number of carbonyl (C=O) groups excluding carboxylic acids is 2. The van der Waals surface area contributed by atoms with Gasteiger partial charge in [0.15, 0.2) is 0 Å². The molecule has 32 heavy (non-hydrogen) atoms. The predicted molar refractivity (Wildman–Crippen MR) is 122 cm³/mol. The highest BCUT2D eigenvalue weighted by molar-refractivity contribution is 6.35. The molecule has 4 rings (SSSR count). The Morgan fingerprint density at radius 2 is 1.75 bits per heavy atom. The molecule has 0 N–H and O–H groups in total. The van der Waals surface area contributed by atoms with Gasteiger partial charge in [-0.05, 0) is 60.6 Å². The molecule has 2 amide bonds. The van der Waals surface area contributed by atoms with Crippen molar-refractivity contribution in [1.29, 1.82) is 0 Å². The third-order valence-corrected chi connectivity index (χ3v) is 6.27. The highest BCUT2D eigenvalue weighted by Gasteiger charge is 2.42. The number of hydrogen-bond donors (Lipinski definition) is 0. The van der Waals surface area contributed by atoms with E-state index in [0.717, 1.165) is 18.4 Å². The molecule has 8 heteroatoms. The number of carbonyl (C=O) groups is 2. The number of nitrogens with zero attached hydrogens (tertiary/aromatic N) is 3. The van der Waals surface area contributed by atoms with Crippen molar-refractivity contribution in [3.05, 3.63) is 80.5 Å². The number of benzene rings is 2. The second-order valence-corrected chi connectivity index (χ2v) is 8.80. The zero-order valence-corrected chi connectivity index (χ0v) is 18.5. The summed E-state index contributed by atoms with van der Waals surface area (Å²) in [5.41, 5.74) is 2.18. The predicted octanol–water partition coefficient (Wildman–Crippen LogP) is 4.30. The fourth-order valence-electron chi connectivity index (χ4n) is 4.35. The molecular weight excluding hydrogens is 430 g/mol. The molecule has 2 aromatic carbocycles. The maximum Gasteiger partial charge on any atom is 0.277 e. The second kappa shape index (κ2) is 9.12. The molecule has 1 unspecified atom stereocenters. The van der Waals surface area contributed by atoms with Gasteiger partial charge in [0, 0.05) is 36.8 Å². The molecule has 2 aromatic rings. The zero-order chi connectivity index (χ0) is 22.8. The van der Waals surface area contributed by atoms with Crippen LogP contribution in [-0.4, -0.2) is 46.2 Å². The van der Waals surface area contributed by atoms with E-state index in [-0.39, 0.29) is 24.0 Å². The van der Waals surface area contributed by atoms with Crippen LogP contribution in [0.2, 0.25) is 5.02 Å². The molecule has 2 heterocycles. The van der Waals surface area contributed by atoms with Gasteiger partial charge in [-0.1, -0.05) is 30.7 Å². The normalized spacial score (nSPS) is 19.1. The summed E-state index contributed by atoms with van der Waals surface area (Å²) in [5.74, 6) is -0.238. The summed E-state index contributed by atoms with van der Waals surface area (Å²) in [6.07, 6.45) is 2.55. The number of piperidine rings is 1. The van der Waals surface area contributed by atoms with Crippen molar-refractivity contribution in [1.82, 2.24) is 9.80 Å². The summed E-state index contributed by atoms with van der Waals surface area (Å²) in [7, 11) is 0. The van der Waals surface area contributed by atoms with E-state index in [1.807, 2.05) is 17.0 Å². The average Bonchev–Trinajstić information content (AvgIpc) is 3.03. The SMILES string of the molecule is CC1CCCN(C2=C(c3ccc([N+](=O)[O-])cc3)C(=O)N(CCc3ccc(Cl)cc3)C2=O)C1. The lowest BCUT2D eigenvalue weighted by Gasteiger charge is -2.33. The molecular formula is C24H24ClN3O4. The number of amides is 2. The first kappa shape index (κ1) is 22.0. The summed E-state index contributed by atoms with van der Waals surface area (Å²) in [6.45, 7) is 3.80. The van der Waals surface area contributed by atoms with Crippen molar-refractivity contribution >= 4 is 34.7 Å². The van der Waals surface area contributed by atoms with E-state index < -0.39 is 4.92 Å². The quantitative estimate of drug-likeness (QED) is 0.370. The van der Waals surface area contributed by atoms with E-state index in [9.17, 15) is 19.7 Å². The number of rotatable bonds is 6. The molecule has 0 radical (unpaired) electrons. The highest BCUT2D eigenvalue weighted by Crippen LogP contribution is 2.34. The van der Waals surface area contributed by atoms with Gasteiger partial charge >= 0.3 is 0 Å². The molecule has 1 saturated heterocycles. The first-order valence-electron chi connectivity index (χ1n) is 10.7. The topological polar surface area (TPSA) is 83.8 Å². The molecule has 0 saturated carbocycles. The van der Waals surface area contributed by atoms with Crippen LogP contribution in [0.3, 0.4) is 0 Å². The first-order chi connectivity index (χ1) is 15.3. The van der Waals surface area contributed by atoms with E-state index in [1.54, 1.807) is 24.3 Å². The lowest BCUT2D eigenvalue weighted by Crippen LogP contribution is -2.39. The summed E-state index contributed by atoms with van der Waals surface area (Å²) < 4.78 is 0. The van der Waals surface area contributed by atoms with Gasteiger partial charge in [0.05, 0.1) is 10.5 Å². The number of nitro groups is 1. The minimum absolute atomic E-state index is 0.0566. The van der Waals surface area contributed by atoms with E-state index in [4.69, 9.17) is 11.6 Å². The fraction of sp³-hybridized carbons (Fsp3) is 0.333. The molecule has 0 bridgehead atoms. The Morgan fingerprint density at radius 1 is 1.06 bits per heavy atom. The lowest BCUT2D eigenvalue weighted by molar-refractivity contribution is -0.384. The van der Waals surface area contributed by atoms with Gasteiger partial charge in [-0.2, -0.15) is 0 Å². The largest absolute Gasteiger partial charge is 0.366 e. The van der Waals surface area contributed by atoms with Gasteiger partial charge < -0.3 is 4.90 Å². The zero-order valence-electron chi connectivity index (χ0n) is 17.8. The number of non-ortho nitro benzene ring substituents is 1. The molecule has 0 aliphatic carbocycles. The Morgan fingerprint density at radius 3 is 2.38 bits per heavy atom. The van der Waals surface area contributed by atoms with Crippen molar-refractivity contribution in [2.75, 3.05) is 19.6 Å². The average molecular weight is 454 g/mol. The molecule has 0 aromatic heterocycles. The van der Waals surface area contributed by atoms with E-state index in [1.165, 1.54) is 17.0 Å². The number of imide groups is 1. The van der Waals surface area contributed by atoms with Crippen LogP contribution < -0.4 is 0 Å². The van der Waals surface area contributed by atoms with Crippen LogP contribution >= 0.6 is 11.6 Å². The second-order valence-electron chi connectivity index (χ2n) is 8.36. The van der Waals surface area contributed by atoms with E-state index in [0.29, 0.717) is 47.3 Å². The van der Waals surface area contributed by atoms with Gasteiger partial charge in [-0.15, -0.1) is 0 Å². The van der Waals surface area contributed by atoms with Crippen LogP contribution in [-0.2, 0) is 16.0 Å². The van der Waals surface area contributed by atoms with E-state index in [2.05, 4.69) is 6.92 Å². The Kier molecular flexibility index (Phi) is 6.28. The fourth-order valence-corrected chi connectivity index (χ4v) is 4.48. The molecule has 2 aliphatic rings. The van der Waals surface area contributed by atoms with Crippen molar-refractivity contribution in [2.24, 2.45) is 5.92 Å². The lowest BCUT2D eigenvalue weighted by atomic mass is 9.97. The van der Waals surface area contributed by atoms with E-state index >= 15 is 0 Å². The van der Waals surface area contributed by atoms with Gasteiger partial charge in [0.25, 0.3) is 17.5 Å². The molecule has 2 aliphatic heterocycles. The van der Waals surface area contributed by atoms with Crippen LogP contribution in [0.15, 0.2) is 54.2 Å².